The molecular weight excluding hydrogens is 284 g/mol. The van der Waals surface area contributed by atoms with Crippen molar-refractivity contribution in [2.45, 2.75) is 20.4 Å². The Hall–Kier alpha value is -2.96. The molecule has 0 atom stereocenters. The van der Waals surface area contributed by atoms with Gasteiger partial charge in [0.1, 0.15) is 5.82 Å². The van der Waals surface area contributed by atoms with Crippen molar-refractivity contribution in [1.29, 1.82) is 0 Å². The monoisotopic (exact) mass is 300 g/mol. The topological polar surface area (TPSA) is 90.1 Å². The van der Waals surface area contributed by atoms with Gasteiger partial charge in [-0.25, -0.2) is 4.68 Å². The third-order valence-electron chi connectivity index (χ3n) is 2.98. The van der Waals surface area contributed by atoms with Gasteiger partial charge in [0.2, 0.25) is 5.91 Å². The molecular formula is C15H16N4O3. The Morgan fingerprint density at radius 3 is 2.68 bits per heavy atom. The molecule has 0 radical (unpaired) electrons. The first-order valence-corrected chi connectivity index (χ1v) is 6.77. The van der Waals surface area contributed by atoms with Crippen molar-refractivity contribution in [3.63, 3.8) is 0 Å². The summed E-state index contributed by atoms with van der Waals surface area (Å²) in [5.74, 6) is 0.353. The average molecular weight is 300 g/mol. The number of aromatic nitrogens is 2. The fraction of sp³-hybridized carbons (Fsp3) is 0.200. The van der Waals surface area contributed by atoms with Gasteiger partial charge in [0.25, 0.3) is 5.69 Å². The number of carbonyl (C=O) groups is 1. The Morgan fingerprint density at radius 1 is 1.41 bits per heavy atom. The van der Waals surface area contributed by atoms with Crippen LogP contribution in [0, 0.1) is 17.0 Å². The molecule has 1 heterocycles. The lowest BCUT2D eigenvalue weighted by Gasteiger charge is -2.04. The molecule has 7 heteroatoms. The number of carbonyl (C=O) groups excluding carboxylic acids is 1. The molecule has 0 aliphatic carbocycles. The fourth-order valence-electron chi connectivity index (χ4n) is 1.93. The quantitative estimate of drug-likeness (QED) is 0.522. The van der Waals surface area contributed by atoms with Gasteiger partial charge in [-0.1, -0.05) is 0 Å². The number of hydrogen-bond acceptors (Lipinski definition) is 4. The summed E-state index contributed by atoms with van der Waals surface area (Å²) < 4.78 is 1.70. The van der Waals surface area contributed by atoms with E-state index in [4.69, 9.17) is 0 Å². The molecule has 1 aromatic carbocycles. The second-order valence-electron chi connectivity index (χ2n) is 4.66. The molecule has 22 heavy (non-hydrogen) atoms. The van der Waals surface area contributed by atoms with Crippen molar-refractivity contribution >= 4 is 23.5 Å². The van der Waals surface area contributed by atoms with Crippen LogP contribution in [-0.4, -0.2) is 20.6 Å². The molecule has 0 saturated heterocycles. The first-order chi connectivity index (χ1) is 10.5. The molecule has 2 aromatic rings. The molecule has 7 nitrogen and oxygen atoms in total. The second kappa shape index (κ2) is 6.66. The summed E-state index contributed by atoms with van der Waals surface area (Å²) >= 11 is 0. The van der Waals surface area contributed by atoms with Crippen LogP contribution >= 0.6 is 0 Å². The van der Waals surface area contributed by atoms with E-state index in [1.807, 2.05) is 13.8 Å². The molecule has 0 saturated carbocycles. The summed E-state index contributed by atoms with van der Waals surface area (Å²) in [6.07, 6.45) is 2.97. The molecule has 0 unspecified atom stereocenters. The molecule has 0 aliphatic heterocycles. The number of hydrogen-bond donors (Lipinski definition) is 1. The standard InChI is InChI=1S/C15H16N4O3/c1-3-18-14(10-11(2)17-18)16-15(20)9-6-12-4-7-13(8-5-12)19(21)22/h4-10H,3H2,1-2H3,(H,16,20)/b9-6-. The highest BCUT2D eigenvalue weighted by atomic mass is 16.6. The number of aryl methyl sites for hydroxylation is 2. The number of benzene rings is 1. The third kappa shape index (κ3) is 3.78. The second-order valence-corrected chi connectivity index (χ2v) is 4.66. The van der Waals surface area contributed by atoms with E-state index in [0.717, 1.165) is 5.69 Å². The Balaban J connectivity index is 2.03. The lowest BCUT2D eigenvalue weighted by molar-refractivity contribution is -0.384. The number of amides is 1. The number of rotatable bonds is 5. The highest BCUT2D eigenvalue weighted by Crippen LogP contribution is 2.13. The molecule has 0 fully saturated rings. The lowest BCUT2D eigenvalue weighted by atomic mass is 10.2. The lowest BCUT2D eigenvalue weighted by Crippen LogP contribution is -2.12. The van der Waals surface area contributed by atoms with Crippen LogP contribution in [0.25, 0.3) is 6.08 Å². The molecule has 0 aliphatic rings. The van der Waals surface area contributed by atoms with Gasteiger partial charge in [0.15, 0.2) is 0 Å². The minimum Gasteiger partial charge on any atom is -0.307 e. The number of anilines is 1. The Labute approximate surface area is 127 Å². The van der Waals surface area contributed by atoms with Crippen molar-refractivity contribution in [3.8, 4) is 0 Å². The van der Waals surface area contributed by atoms with Crippen LogP contribution < -0.4 is 5.32 Å². The zero-order chi connectivity index (χ0) is 16.1. The van der Waals surface area contributed by atoms with Crippen LogP contribution in [0.4, 0.5) is 11.5 Å². The van der Waals surface area contributed by atoms with Gasteiger partial charge in [-0.15, -0.1) is 0 Å². The summed E-state index contributed by atoms with van der Waals surface area (Å²) in [4.78, 5) is 22.0. The Morgan fingerprint density at radius 2 is 2.09 bits per heavy atom. The number of nitro benzene ring substituents is 1. The van der Waals surface area contributed by atoms with Crippen molar-refractivity contribution in [2.24, 2.45) is 0 Å². The number of non-ortho nitro benzene ring substituents is 1. The van der Waals surface area contributed by atoms with Crippen molar-refractivity contribution < 1.29 is 9.72 Å². The van der Waals surface area contributed by atoms with E-state index in [2.05, 4.69) is 10.4 Å². The summed E-state index contributed by atoms with van der Waals surface area (Å²) in [6.45, 7) is 4.46. The van der Waals surface area contributed by atoms with Crippen molar-refractivity contribution in [1.82, 2.24) is 9.78 Å². The molecule has 1 N–H and O–H groups in total. The summed E-state index contributed by atoms with van der Waals surface area (Å²) in [5.41, 5.74) is 1.56. The van der Waals surface area contributed by atoms with E-state index < -0.39 is 4.92 Å². The molecule has 114 valence electrons. The Bertz CT molecular complexity index is 717. The summed E-state index contributed by atoms with van der Waals surface area (Å²) in [7, 11) is 0. The van der Waals surface area contributed by atoms with Crippen LogP contribution in [0.1, 0.15) is 18.2 Å². The maximum atomic E-state index is 11.9. The number of nitrogens with zero attached hydrogens (tertiary/aromatic N) is 3. The highest BCUT2D eigenvalue weighted by Gasteiger charge is 2.06. The SMILES string of the molecule is CCn1nc(C)cc1NC(=O)/C=C\c1ccc([N+](=O)[O-])cc1. The first kappa shape index (κ1) is 15.4. The van der Waals surface area contributed by atoms with E-state index in [9.17, 15) is 14.9 Å². The largest absolute Gasteiger partial charge is 0.307 e. The maximum Gasteiger partial charge on any atom is 0.269 e. The molecule has 1 aromatic heterocycles. The van der Waals surface area contributed by atoms with Crippen molar-refractivity contribution in [3.05, 3.63) is 57.8 Å². The maximum absolute atomic E-state index is 11.9. The van der Waals surface area contributed by atoms with Crippen LogP contribution in [0.5, 0.6) is 0 Å². The minimum atomic E-state index is -0.464. The number of nitrogens with one attached hydrogen (secondary N) is 1. The normalized spacial score (nSPS) is 10.8. The van der Waals surface area contributed by atoms with Gasteiger partial charge < -0.3 is 5.32 Å². The van der Waals surface area contributed by atoms with E-state index in [-0.39, 0.29) is 11.6 Å². The predicted octanol–water partition coefficient (Wildman–Crippen LogP) is 2.77. The van der Waals surface area contributed by atoms with Gasteiger partial charge in [-0.2, -0.15) is 5.10 Å². The van der Waals surface area contributed by atoms with Crippen LogP contribution in [0.2, 0.25) is 0 Å². The highest BCUT2D eigenvalue weighted by molar-refractivity contribution is 6.01. The van der Waals surface area contributed by atoms with Gasteiger partial charge in [0.05, 0.1) is 10.6 Å². The smallest absolute Gasteiger partial charge is 0.269 e. The van der Waals surface area contributed by atoms with Gasteiger partial charge in [0, 0.05) is 30.8 Å². The summed E-state index contributed by atoms with van der Waals surface area (Å²) in [5, 5.41) is 17.5. The average Bonchev–Trinajstić information content (AvgIpc) is 2.85. The van der Waals surface area contributed by atoms with Gasteiger partial charge >= 0.3 is 0 Å². The molecule has 2 rings (SSSR count). The fourth-order valence-corrected chi connectivity index (χ4v) is 1.93. The Kier molecular flexibility index (Phi) is 4.67. The van der Waals surface area contributed by atoms with Crippen LogP contribution in [0.15, 0.2) is 36.4 Å². The van der Waals surface area contributed by atoms with E-state index in [1.54, 1.807) is 29.0 Å². The zero-order valence-corrected chi connectivity index (χ0v) is 12.3. The van der Waals surface area contributed by atoms with Crippen LogP contribution in [0.3, 0.4) is 0 Å². The molecule has 0 bridgehead atoms. The van der Waals surface area contributed by atoms with Crippen LogP contribution in [-0.2, 0) is 11.3 Å². The van der Waals surface area contributed by atoms with E-state index >= 15 is 0 Å². The zero-order valence-electron chi connectivity index (χ0n) is 12.3. The minimum absolute atomic E-state index is 0.0175. The van der Waals surface area contributed by atoms with Gasteiger partial charge in [-0.3, -0.25) is 14.9 Å². The number of nitro groups is 1. The first-order valence-electron chi connectivity index (χ1n) is 6.77. The predicted molar refractivity (Wildman–Crippen MR) is 83.4 cm³/mol. The third-order valence-corrected chi connectivity index (χ3v) is 2.98. The van der Waals surface area contributed by atoms with Crippen molar-refractivity contribution in [2.75, 3.05) is 5.32 Å². The molecule has 0 spiro atoms. The molecule has 1 amide bonds. The van der Waals surface area contributed by atoms with E-state index in [0.29, 0.717) is 17.9 Å². The van der Waals surface area contributed by atoms with Gasteiger partial charge in [-0.05, 0) is 37.6 Å². The summed E-state index contributed by atoms with van der Waals surface area (Å²) in [6, 6.07) is 7.76. The van der Waals surface area contributed by atoms with E-state index in [1.165, 1.54) is 18.2 Å².